The van der Waals surface area contributed by atoms with Crippen molar-refractivity contribution >= 4 is 5.84 Å². The zero-order valence-electron chi connectivity index (χ0n) is 8.00. The number of allylic oxidation sites excluding steroid dienone is 1. The highest BCUT2D eigenvalue weighted by atomic mass is 15.2. The molecule has 2 N–H and O–H groups in total. The number of hydrogen-bond acceptors (Lipinski definition) is 3. The Morgan fingerprint density at radius 3 is 2.54 bits per heavy atom. The van der Waals surface area contributed by atoms with Gasteiger partial charge in [-0.3, -0.25) is 0 Å². The van der Waals surface area contributed by atoms with Gasteiger partial charge in [0.05, 0.1) is 0 Å². The lowest BCUT2D eigenvalue weighted by atomic mass is 10.1. The van der Waals surface area contributed by atoms with E-state index in [0.29, 0.717) is 0 Å². The minimum Gasteiger partial charge on any atom is -0.401 e. The second-order valence-electron chi connectivity index (χ2n) is 3.80. The molecule has 2 aliphatic heterocycles. The monoisotopic (exact) mass is 179 g/mol. The van der Waals surface area contributed by atoms with Crippen LogP contribution in [0, 0.1) is 0 Å². The van der Waals surface area contributed by atoms with E-state index in [1.165, 1.54) is 38.2 Å². The van der Waals surface area contributed by atoms with Crippen LogP contribution in [0.3, 0.4) is 0 Å². The van der Waals surface area contributed by atoms with Gasteiger partial charge < -0.3 is 10.6 Å². The second kappa shape index (κ2) is 3.81. The van der Waals surface area contributed by atoms with Crippen LogP contribution in [-0.2, 0) is 0 Å². The van der Waals surface area contributed by atoms with E-state index < -0.39 is 0 Å². The Bertz CT molecular complexity index is 237. The molecule has 1 saturated heterocycles. The third-order valence-corrected chi connectivity index (χ3v) is 2.74. The van der Waals surface area contributed by atoms with Crippen LogP contribution in [0.25, 0.3) is 0 Å². The van der Waals surface area contributed by atoms with Crippen LogP contribution in [0.2, 0.25) is 0 Å². The summed E-state index contributed by atoms with van der Waals surface area (Å²) in [5, 5.41) is 0. The standard InChI is InChI=1S/C10H17N3/c11-9-4-5-10(12-8-9)13-6-2-1-3-7-13/h8H,1-7,11H2. The number of amidine groups is 1. The van der Waals surface area contributed by atoms with Gasteiger partial charge in [-0.25, -0.2) is 4.99 Å². The van der Waals surface area contributed by atoms with Crippen molar-refractivity contribution in [1.82, 2.24) is 4.90 Å². The van der Waals surface area contributed by atoms with Crippen molar-refractivity contribution in [3.63, 3.8) is 0 Å². The number of nitrogens with zero attached hydrogens (tertiary/aromatic N) is 2. The highest BCUT2D eigenvalue weighted by Crippen LogP contribution is 2.15. The number of nitrogens with two attached hydrogens (primary N) is 1. The molecule has 0 radical (unpaired) electrons. The number of likely N-dealkylation sites (tertiary alicyclic amines) is 1. The van der Waals surface area contributed by atoms with Gasteiger partial charge in [-0.15, -0.1) is 0 Å². The first-order valence-electron chi connectivity index (χ1n) is 5.12. The van der Waals surface area contributed by atoms with Crippen LogP contribution in [0.1, 0.15) is 32.1 Å². The molecule has 0 atom stereocenters. The predicted molar refractivity (Wildman–Crippen MR) is 54.4 cm³/mol. The summed E-state index contributed by atoms with van der Waals surface area (Å²) in [4.78, 5) is 6.80. The molecule has 0 aromatic heterocycles. The van der Waals surface area contributed by atoms with Crippen molar-refractivity contribution in [3.8, 4) is 0 Å². The maximum atomic E-state index is 5.66. The normalized spacial score (nSPS) is 23.8. The SMILES string of the molecule is NC1=CN=C(N2CCCCC2)CC1. The lowest BCUT2D eigenvalue weighted by Crippen LogP contribution is -2.36. The van der Waals surface area contributed by atoms with Crippen molar-refractivity contribution in [2.75, 3.05) is 13.1 Å². The smallest absolute Gasteiger partial charge is 0.105 e. The predicted octanol–water partition coefficient (Wildman–Crippen LogP) is 1.46. The van der Waals surface area contributed by atoms with Gasteiger partial charge in [0, 0.05) is 31.4 Å². The van der Waals surface area contributed by atoms with E-state index in [0.717, 1.165) is 18.5 Å². The lowest BCUT2D eigenvalue weighted by molar-refractivity contribution is 0.335. The topological polar surface area (TPSA) is 41.6 Å². The van der Waals surface area contributed by atoms with Gasteiger partial charge in [-0.1, -0.05) is 0 Å². The fraction of sp³-hybridized carbons (Fsp3) is 0.700. The van der Waals surface area contributed by atoms with Gasteiger partial charge in [-0.05, 0) is 25.7 Å². The van der Waals surface area contributed by atoms with Gasteiger partial charge >= 0.3 is 0 Å². The van der Waals surface area contributed by atoms with Crippen LogP contribution < -0.4 is 5.73 Å². The van der Waals surface area contributed by atoms with E-state index in [4.69, 9.17) is 5.73 Å². The Morgan fingerprint density at radius 1 is 1.15 bits per heavy atom. The Morgan fingerprint density at radius 2 is 1.92 bits per heavy atom. The largest absolute Gasteiger partial charge is 0.401 e. The number of rotatable bonds is 0. The minimum atomic E-state index is 0.917. The minimum absolute atomic E-state index is 0.917. The molecule has 13 heavy (non-hydrogen) atoms. The Kier molecular flexibility index (Phi) is 2.52. The van der Waals surface area contributed by atoms with Gasteiger partial charge in [0.25, 0.3) is 0 Å². The number of aliphatic imine (C=N–C) groups is 1. The van der Waals surface area contributed by atoms with E-state index in [1.54, 1.807) is 0 Å². The molecule has 0 aromatic rings. The first-order chi connectivity index (χ1) is 6.36. The highest BCUT2D eigenvalue weighted by molar-refractivity contribution is 5.84. The second-order valence-corrected chi connectivity index (χ2v) is 3.80. The summed E-state index contributed by atoms with van der Waals surface area (Å²) in [6.45, 7) is 2.37. The van der Waals surface area contributed by atoms with Crippen LogP contribution in [-0.4, -0.2) is 23.8 Å². The summed E-state index contributed by atoms with van der Waals surface area (Å²) in [6.07, 6.45) is 7.84. The van der Waals surface area contributed by atoms with Crippen LogP contribution in [0.4, 0.5) is 0 Å². The molecule has 0 aromatic carbocycles. The molecular formula is C10H17N3. The zero-order chi connectivity index (χ0) is 9.10. The molecule has 3 nitrogen and oxygen atoms in total. The molecule has 1 fully saturated rings. The van der Waals surface area contributed by atoms with Crippen molar-refractivity contribution in [3.05, 3.63) is 11.9 Å². The summed E-state index contributed by atoms with van der Waals surface area (Å²) in [7, 11) is 0. The summed E-state index contributed by atoms with van der Waals surface area (Å²) in [5.74, 6) is 1.24. The van der Waals surface area contributed by atoms with E-state index in [1.807, 2.05) is 6.20 Å². The Hall–Kier alpha value is -0.990. The summed E-state index contributed by atoms with van der Waals surface area (Å²) in [6, 6.07) is 0. The fourth-order valence-corrected chi connectivity index (χ4v) is 1.93. The van der Waals surface area contributed by atoms with Crippen LogP contribution in [0.15, 0.2) is 16.9 Å². The van der Waals surface area contributed by atoms with Crippen molar-refractivity contribution in [2.24, 2.45) is 10.7 Å². The van der Waals surface area contributed by atoms with Gasteiger partial charge in [0.2, 0.25) is 0 Å². The zero-order valence-corrected chi connectivity index (χ0v) is 8.00. The molecule has 2 heterocycles. The number of piperidine rings is 1. The summed E-state index contributed by atoms with van der Waals surface area (Å²) in [5.41, 5.74) is 6.58. The molecule has 2 rings (SSSR count). The molecule has 0 bridgehead atoms. The van der Waals surface area contributed by atoms with Gasteiger partial charge in [0.1, 0.15) is 5.84 Å². The van der Waals surface area contributed by atoms with E-state index in [-0.39, 0.29) is 0 Å². The fourth-order valence-electron chi connectivity index (χ4n) is 1.93. The van der Waals surface area contributed by atoms with E-state index in [9.17, 15) is 0 Å². The van der Waals surface area contributed by atoms with Crippen LogP contribution >= 0.6 is 0 Å². The Labute approximate surface area is 79.3 Å². The van der Waals surface area contributed by atoms with Crippen molar-refractivity contribution in [1.29, 1.82) is 0 Å². The molecule has 0 aliphatic carbocycles. The maximum absolute atomic E-state index is 5.66. The van der Waals surface area contributed by atoms with E-state index in [2.05, 4.69) is 9.89 Å². The first kappa shape index (κ1) is 8.60. The molecule has 0 unspecified atom stereocenters. The quantitative estimate of drug-likeness (QED) is 0.611. The van der Waals surface area contributed by atoms with Gasteiger partial charge in [-0.2, -0.15) is 0 Å². The lowest BCUT2D eigenvalue weighted by Gasteiger charge is -2.30. The third-order valence-electron chi connectivity index (χ3n) is 2.74. The first-order valence-corrected chi connectivity index (χ1v) is 5.12. The molecule has 0 amide bonds. The Balaban J connectivity index is 1.99. The molecule has 3 heteroatoms. The maximum Gasteiger partial charge on any atom is 0.105 e. The van der Waals surface area contributed by atoms with E-state index >= 15 is 0 Å². The van der Waals surface area contributed by atoms with Crippen molar-refractivity contribution < 1.29 is 0 Å². The molecular weight excluding hydrogens is 162 g/mol. The molecule has 0 saturated carbocycles. The summed E-state index contributed by atoms with van der Waals surface area (Å²) < 4.78 is 0. The van der Waals surface area contributed by atoms with Crippen molar-refractivity contribution in [2.45, 2.75) is 32.1 Å². The average molecular weight is 179 g/mol. The third kappa shape index (κ3) is 2.02. The number of hydrogen-bond donors (Lipinski definition) is 1. The molecule has 72 valence electrons. The van der Waals surface area contributed by atoms with Crippen LogP contribution in [0.5, 0.6) is 0 Å². The summed E-state index contributed by atoms with van der Waals surface area (Å²) >= 11 is 0. The van der Waals surface area contributed by atoms with Gasteiger partial charge in [0.15, 0.2) is 0 Å². The highest BCUT2D eigenvalue weighted by Gasteiger charge is 2.15. The molecule has 0 spiro atoms. The average Bonchev–Trinajstić information content (AvgIpc) is 2.20. The molecule has 2 aliphatic rings.